The zero-order valence-electron chi connectivity index (χ0n) is 7.50. The van der Waals surface area contributed by atoms with Crippen LogP contribution in [0.1, 0.15) is 0 Å². The quantitative estimate of drug-likeness (QED) is 0.580. The van der Waals surface area contributed by atoms with Crippen molar-refractivity contribution >= 4 is 17.3 Å². The molecule has 76 valence electrons. The van der Waals surface area contributed by atoms with Gasteiger partial charge in [-0.1, -0.05) is 11.6 Å². The van der Waals surface area contributed by atoms with Gasteiger partial charge in [-0.25, -0.2) is 4.68 Å². The average molecular weight is 224 g/mol. The Bertz CT molecular complexity index is 496. The minimum absolute atomic E-state index is 0.0249. The van der Waals surface area contributed by atoms with Crippen LogP contribution in [0.3, 0.4) is 0 Å². The second-order valence-electron chi connectivity index (χ2n) is 2.84. The summed E-state index contributed by atoms with van der Waals surface area (Å²) in [5.41, 5.74) is 0.334. The highest BCUT2D eigenvalue weighted by atomic mass is 35.5. The van der Waals surface area contributed by atoms with Crippen molar-refractivity contribution in [1.82, 2.24) is 9.78 Å². The molecule has 1 aromatic carbocycles. The van der Waals surface area contributed by atoms with Gasteiger partial charge < -0.3 is 0 Å². The molecule has 6 heteroatoms. The van der Waals surface area contributed by atoms with Gasteiger partial charge in [0, 0.05) is 23.5 Å². The number of rotatable bonds is 2. The van der Waals surface area contributed by atoms with E-state index in [0.717, 1.165) is 0 Å². The number of hydrogen-bond acceptors (Lipinski definition) is 3. The number of benzene rings is 1. The van der Waals surface area contributed by atoms with Crippen LogP contribution in [0, 0.1) is 10.1 Å². The third-order valence-electron chi connectivity index (χ3n) is 1.89. The van der Waals surface area contributed by atoms with Crippen molar-refractivity contribution < 1.29 is 4.92 Å². The molecule has 1 heterocycles. The number of nitrogens with zero attached hydrogens (tertiary/aromatic N) is 3. The first-order valence-corrected chi connectivity index (χ1v) is 4.50. The molecule has 0 bridgehead atoms. The SMILES string of the molecule is O=[N+]([O-])c1ccc(Cl)cc1-n1cccn1. The summed E-state index contributed by atoms with van der Waals surface area (Å²) < 4.78 is 1.41. The Morgan fingerprint density at radius 2 is 2.27 bits per heavy atom. The van der Waals surface area contributed by atoms with Crippen molar-refractivity contribution in [2.24, 2.45) is 0 Å². The van der Waals surface area contributed by atoms with Crippen molar-refractivity contribution in [3.63, 3.8) is 0 Å². The average Bonchev–Trinajstić information content (AvgIpc) is 2.69. The van der Waals surface area contributed by atoms with Crippen LogP contribution in [0.15, 0.2) is 36.7 Å². The molecule has 0 aliphatic heterocycles. The maximum atomic E-state index is 10.7. The standard InChI is InChI=1S/C9H6ClN3O2/c10-7-2-3-8(13(14)15)9(6-7)12-5-1-4-11-12/h1-6H. The van der Waals surface area contributed by atoms with Gasteiger partial charge in [0.05, 0.1) is 4.92 Å². The summed E-state index contributed by atoms with van der Waals surface area (Å²) in [6, 6.07) is 6.03. The zero-order chi connectivity index (χ0) is 10.8. The highest BCUT2D eigenvalue weighted by Crippen LogP contribution is 2.25. The molecule has 0 amide bonds. The number of nitro groups is 1. The van der Waals surface area contributed by atoms with Gasteiger partial charge in [0.15, 0.2) is 0 Å². The molecule has 0 fully saturated rings. The summed E-state index contributed by atoms with van der Waals surface area (Å²) in [6.07, 6.45) is 3.17. The van der Waals surface area contributed by atoms with E-state index in [4.69, 9.17) is 11.6 Å². The Morgan fingerprint density at radius 1 is 1.47 bits per heavy atom. The fourth-order valence-electron chi connectivity index (χ4n) is 1.25. The molecule has 2 rings (SSSR count). The van der Waals surface area contributed by atoms with Gasteiger partial charge in [-0.05, 0) is 18.2 Å². The second-order valence-corrected chi connectivity index (χ2v) is 3.28. The first kappa shape index (κ1) is 9.67. The van der Waals surface area contributed by atoms with Crippen molar-refractivity contribution in [2.45, 2.75) is 0 Å². The Kier molecular flexibility index (Phi) is 2.39. The molecule has 0 aliphatic rings. The molecule has 5 nitrogen and oxygen atoms in total. The van der Waals surface area contributed by atoms with Gasteiger partial charge in [-0.15, -0.1) is 0 Å². The number of hydrogen-bond donors (Lipinski definition) is 0. The minimum Gasteiger partial charge on any atom is -0.258 e. The van der Waals surface area contributed by atoms with Crippen molar-refractivity contribution in [2.75, 3.05) is 0 Å². The first-order chi connectivity index (χ1) is 7.18. The van der Waals surface area contributed by atoms with Crippen molar-refractivity contribution in [3.05, 3.63) is 51.8 Å². The highest BCUT2D eigenvalue weighted by molar-refractivity contribution is 6.30. The van der Waals surface area contributed by atoms with Gasteiger partial charge in [0.25, 0.3) is 5.69 Å². The summed E-state index contributed by atoms with van der Waals surface area (Å²) in [5, 5.41) is 15.1. The normalized spacial score (nSPS) is 10.2. The third kappa shape index (κ3) is 1.82. The van der Waals surface area contributed by atoms with Crippen LogP contribution in [0.2, 0.25) is 5.02 Å². The molecular weight excluding hydrogens is 218 g/mol. The van der Waals surface area contributed by atoms with Crippen LogP contribution < -0.4 is 0 Å². The molecule has 0 atom stereocenters. The predicted molar refractivity (Wildman–Crippen MR) is 55.2 cm³/mol. The summed E-state index contributed by atoms with van der Waals surface area (Å²) in [5.74, 6) is 0. The fourth-order valence-corrected chi connectivity index (χ4v) is 1.41. The molecule has 1 aromatic heterocycles. The van der Waals surface area contributed by atoms with Crippen LogP contribution in [0.4, 0.5) is 5.69 Å². The van der Waals surface area contributed by atoms with E-state index in [-0.39, 0.29) is 5.69 Å². The Labute approximate surface area is 90.1 Å². The van der Waals surface area contributed by atoms with E-state index in [1.165, 1.54) is 22.9 Å². The van der Waals surface area contributed by atoms with E-state index >= 15 is 0 Å². The summed E-state index contributed by atoms with van der Waals surface area (Å²) in [4.78, 5) is 10.3. The lowest BCUT2D eigenvalue weighted by Gasteiger charge is -2.02. The van der Waals surface area contributed by atoms with Crippen LogP contribution in [0.25, 0.3) is 5.69 Å². The largest absolute Gasteiger partial charge is 0.294 e. The van der Waals surface area contributed by atoms with Crippen molar-refractivity contribution in [1.29, 1.82) is 0 Å². The lowest BCUT2D eigenvalue weighted by Crippen LogP contribution is -2.00. The maximum absolute atomic E-state index is 10.7. The third-order valence-corrected chi connectivity index (χ3v) is 2.12. The number of nitro benzene ring substituents is 1. The smallest absolute Gasteiger partial charge is 0.258 e. The van der Waals surface area contributed by atoms with Gasteiger partial charge in [0.2, 0.25) is 0 Å². The lowest BCUT2D eigenvalue weighted by molar-refractivity contribution is -0.384. The molecule has 0 spiro atoms. The Balaban J connectivity index is 2.63. The Morgan fingerprint density at radius 3 is 2.87 bits per heavy atom. The predicted octanol–water partition coefficient (Wildman–Crippen LogP) is 2.43. The Hall–Kier alpha value is -1.88. The van der Waals surface area contributed by atoms with E-state index < -0.39 is 4.92 Å². The second kappa shape index (κ2) is 3.70. The molecule has 0 unspecified atom stereocenters. The topological polar surface area (TPSA) is 61.0 Å². The number of aromatic nitrogens is 2. The molecule has 2 aromatic rings. The van der Waals surface area contributed by atoms with E-state index in [0.29, 0.717) is 10.7 Å². The van der Waals surface area contributed by atoms with Gasteiger partial charge in [-0.2, -0.15) is 5.10 Å². The summed E-state index contributed by atoms with van der Waals surface area (Å²) in [7, 11) is 0. The van der Waals surface area contributed by atoms with Crippen LogP contribution in [-0.4, -0.2) is 14.7 Å². The van der Waals surface area contributed by atoms with Gasteiger partial charge in [0.1, 0.15) is 5.69 Å². The van der Waals surface area contributed by atoms with Crippen LogP contribution in [0.5, 0.6) is 0 Å². The molecule has 15 heavy (non-hydrogen) atoms. The molecule has 0 radical (unpaired) electrons. The summed E-state index contributed by atoms with van der Waals surface area (Å²) >= 11 is 5.77. The minimum atomic E-state index is -0.465. The lowest BCUT2D eigenvalue weighted by atomic mass is 10.3. The van der Waals surface area contributed by atoms with Crippen molar-refractivity contribution in [3.8, 4) is 5.69 Å². The van der Waals surface area contributed by atoms with E-state index in [1.54, 1.807) is 18.5 Å². The molecule has 0 N–H and O–H groups in total. The maximum Gasteiger partial charge on any atom is 0.294 e. The van der Waals surface area contributed by atoms with E-state index in [9.17, 15) is 10.1 Å². The monoisotopic (exact) mass is 223 g/mol. The highest BCUT2D eigenvalue weighted by Gasteiger charge is 2.15. The first-order valence-electron chi connectivity index (χ1n) is 4.12. The van der Waals surface area contributed by atoms with Crippen LogP contribution in [-0.2, 0) is 0 Å². The van der Waals surface area contributed by atoms with E-state index in [1.807, 2.05) is 0 Å². The van der Waals surface area contributed by atoms with Gasteiger partial charge in [-0.3, -0.25) is 10.1 Å². The zero-order valence-corrected chi connectivity index (χ0v) is 8.26. The van der Waals surface area contributed by atoms with E-state index in [2.05, 4.69) is 5.10 Å². The molecular formula is C9H6ClN3O2. The van der Waals surface area contributed by atoms with Gasteiger partial charge >= 0.3 is 0 Å². The number of halogens is 1. The fraction of sp³-hybridized carbons (Fsp3) is 0. The summed E-state index contributed by atoms with van der Waals surface area (Å²) in [6.45, 7) is 0. The molecule has 0 saturated carbocycles. The molecule has 0 aliphatic carbocycles. The molecule has 0 saturated heterocycles. The van der Waals surface area contributed by atoms with Crippen LogP contribution >= 0.6 is 11.6 Å².